The molecule has 0 saturated carbocycles. The summed E-state index contributed by atoms with van der Waals surface area (Å²) >= 11 is 0. The maximum absolute atomic E-state index is 12.0. The van der Waals surface area contributed by atoms with Crippen LogP contribution in [0.2, 0.25) is 0 Å². The third-order valence-electron chi connectivity index (χ3n) is 3.42. The molecule has 0 fully saturated rings. The van der Waals surface area contributed by atoms with Crippen LogP contribution in [-0.4, -0.2) is 23.2 Å². The summed E-state index contributed by atoms with van der Waals surface area (Å²) in [5.41, 5.74) is 2.28. The minimum atomic E-state index is 0.0155. The number of hydrogen-bond donors (Lipinski definition) is 0. The van der Waals surface area contributed by atoms with Crippen molar-refractivity contribution < 1.29 is 4.79 Å². The third-order valence-corrected chi connectivity index (χ3v) is 3.42. The Balaban J connectivity index is 1.83. The maximum atomic E-state index is 12.0. The van der Waals surface area contributed by atoms with E-state index < -0.39 is 0 Å². The van der Waals surface area contributed by atoms with Gasteiger partial charge in [0, 0.05) is 12.3 Å². The zero-order chi connectivity index (χ0) is 13.0. The van der Waals surface area contributed by atoms with E-state index in [0.29, 0.717) is 0 Å². The van der Waals surface area contributed by atoms with Crippen molar-refractivity contribution in [2.24, 2.45) is 11.0 Å². The smallest absolute Gasteiger partial charge is 0.251 e. The molecule has 1 aromatic carbocycles. The Bertz CT molecular complexity index is 439. The molecule has 0 radical (unpaired) electrons. The highest BCUT2D eigenvalue weighted by Crippen LogP contribution is 2.19. The molecule has 1 atom stereocenters. The highest BCUT2D eigenvalue weighted by atomic mass is 16.2. The van der Waals surface area contributed by atoms with Crippen molar-refractivity contribution in [3.63, 3.8) is 0 Å². The number of nitrogens with zero attached hydrogens (tertiary/aromatic N) is 2. The number of carbonyl (C=O) groups is 1. The largest absolute Gasteiger partial charge is 0.272 e. The number of hydrazone groups is 1. The van der Waals surface area contributed by atoms with Gasteiger partial charge in [-0.25, -0.2) is 5.01 Å². The van der Waals surface area contributed by atoms with E-state index in [0.717, 1.165) is 31.5 Å². The molecule has 1 heterocycles. The highest BCUT2D eigenvalue weighted by molar-refractivity contribution is 6.06. The molecule has 1 aliphatic heterocycles. The molecule has 0 N–H and O–H groups in total. The molecule has 1 amide bonds. The first-order valence-electron chi connectivity index (χ1n) is 6.62. The summed E-state index contributed by atoms with van der Waals surface area (Å²) in [6, 6.07) is 10.4. The lowest BCUT2D eigenvalue weighted by molar-refractivity contribution is -0.131. The van der Waals surface area contributed by atoms with Gasteiger partial charge < -0.3 is 0 Å². The van der Waals surface area contributed by atoms with E-state index in [9.17, 15) is 4.79 Å². The van der Waals surface area contributed by atoms with Crippen molar-refractivity contribution in [1.29, 1.82) is 0 Å². The molecule has 0 aromatic heterocycles. The normalized spacial score (nSPS) is 19.2. The summed E-state index contributed by atoms with van der Waals surface area (Å²) in [7, 11) is 0. The summed E-state index contributed by atoms with van der Waals surface area (Å²) in [6.07, 6.45) is 2.81. The molecule has 0 saturated heterocycles. The zero-order valence-electron chi connectivity index (χ0n) is 11.1. The lowest BCUT2D eigenvalue weighted by Gasteiger charge is -2.13. The Morgan fingerprint density at radius 1 is 1.28 bits per heavy atom. The summed E-state index contributed by atoms with van der Waals surface area (Å²) < 4.78 is 0. The first-order valence-corrected chi connectivity index (χ1v) is 6.62. The van der Waals surface area contributed by atoms with Crippen molar-refractivity contribution in [3.05, 3.63) is 35.9 Å². The summed E-state index contributed by atoms with van der Waals surface area (Å²) in [4.78, 5) is 12.0. The van der Waals surface area contributed by atoms with Crippen LogP contribution in [0.4, 0.5) is 0 Å². The fourth-order valence-electron chi connectivity index (χ4n) is 2.38. The van der Waals surface area contributed by atoms with Crippen molar-refractivity contribution in [2.75, 3.05) is 6.54 Å². The van der Waals surface area contributed by atoms with Gasteiger partial charge in [-0.1, -0.05) is 37.3 Å². The fraction of sp³-hybridized carbons (Fsp3) is 0.467. The van der Waals surface area contributed by atoms with Gasteiger partial charge in [-0.15, -0.1) is 0 Å². The lowest BCUT2D eigenvalue weighted by atomic mass is 10.0. The van der Waals surface area contributed by atoms with E-state index in [4.69, 9.17) is 0 Å². The fourth-order valence-corrected chi connectivity index (χ4v) is 2.38. The maximum Gasteiger partial charge on any atom is 0.251 e. The van der Waals surface area contributed by atoms with E-state index in [-0.39, 0.29) is 11.8 Å². The third kappa shape index (κ3) is 2.78. The van der Waals surface area contributed by atoms with E-state index in [1.54, 1.807) is 5.01 Å². The van der Waals surface area contributed by atoms with Crippen molar-refractivity contribution in [2.45, 2.75) is 33.1 Å². The number of hydrogen-bond acceptors (Lipinski definition) is 2. The van der Waals surface area contributed by atoms with Crippen LogP contribution in [0.1, 0.15) is 32.3 Å². The van der Waals surface area contributed by atoms with Crippen LogP contribution >= 0.6 is 0 Å². The van der Waals surface area contributed by atoms with Gasteiger partial charge in [-0.2, -0.15) is 5.10 Å². The molecule has 0 aliphatic carbocycles. The van der Waals surface area contributed by atoms with Crippen LogP contribution in [0.15, 0.2) is 35.4 Å². The molecule has 3 nitrogen and oxygen atoms in total. The van der Waals surface area contributed by atoms with Crippen LogP contribution in [0.25, 0.3) is 0 Å². The Labute approximate surface area is 108 Å². The predicted molar refractivity (Wildman–Crippen MR) is 73.4 cm³/mol. The van der Waals surface area contributed by atoms with Gasteiger partial charge in [0.05, 0.1) is 5.92 Å². The van der Waals surface area contributed by atoms with E-state index in [1.807, 2.05) is 32.0 Å². The highest BCUT2D eigenvalue weighted by Gasteiger charge is 2.31. The first kappa shape index (κ1) is 12.8. The molecule has 96 valence electrons. The van der Waals surface area contributed by atoms with Gasteiger partial charge in [0.1, 0.15) is 0 Å². The first-order chi connectivity index (χ1) is 8.72. The quantitative estimate of drug-likeness (QED) is 0.784. The van der Waals surface area contributed by atoms with Crippen molar-refractivity contribution in [1.82, 2.24) is 5.01 Å². The summed E-state index contributed by atoms with van der Waals surface area (Å²) in [5, 5.41) is 6.00. The predicted octanol–water partition coefficient (Wildman–Crippen LogP) is 2.86. The number of aryl methyl sites for hydroxylation is 1. The van der Waals surface area contributed by atoms with Crippen LogP contribution in [0.5, 0.6) is 0 Å². The number of benzene rings is 1. The molecule has 3 heteroatoms. The van der Waals surface area contributed by atoms with E-state index >= 15 is 0 Å². The number of rotatable bonds is 5. The molecule has 0 bridgehead atoms. The molecule has 1 aliphatic rings. The van der Waals surface area contributed by atoms with E-state index in [1.165, 1.54) is 5.56 Å². The second kappa shape index (κ2) is 5.80. The van der Waals surface area contributed by atoms with Gasteiger partial charge in [-0.3, -0.25) is 4.79 Å². The second-order valence-corrected chi connectivity index (χ2v) is 4.75. The summed E-state index contributed by atoms with van der Waals surface area (Å²) in [6.45, 7) is 4.71. The van der Waals surface area contributed by atoms with Gasteiger partial charge >= 0.3 is 0 Å². The lowest BCUT2D eigenvalue weighted by Crippen LogP contribution is -2.27. The summed E-state index contributed by atoms with van der Waals surface area (Å²) in [5.74, 6) is 0.185. The molecule has 18 heavy (non-hydrogen) atoms. The molecule has 2 rings (SSSR count). The Kier molecular flexibility index (Phi) is 4.13. The molecule has 1 aromatic rings. The van der Waals surface area contributed by atoms with Gasteiger partial charge in [0.25, 0.3) is 5.91 Å². The van der Waals surface area contributed by atoms with Crippen molar-refractivity contribution >= 4 is 11.6 Å². The van der Waals surface area contributed by atoms with Crippen molar-refractivity contribution in [3.8, 4) is 0 Å². The Hall–Kier alpha value is -1.64. The Morgan fingerprint density at radius 2 is 2.00 bits per heavy atom. The minimum absolute atomic E-state index is 0.0155. The van der Waals surface area contributed by atoms with Crippen LogP contribution < -0.4 is 0 Å². The van der Waals surface area contributed by atoms with Crippen LogP contribution in [0.3, 0.4) is 0 Å². The standard InChI is InChI=1S/C15H20N2O/c1-3-14-12(2)16-17(15(14)18)11-7-10-13-8-5-4-6-9-13/h4-6,8-9,14H,3,7,10-11H2,1-2H3. The number of amides is 1. The minimum Gasteiger partial charge on any atom is -0.272 e. The second-order valence-electron chi connectivity index (χ2n) is 4.75. The molecule has 0 spiro atoms. The van der Waals surface area contributed by atoms with Crippen LogP contribution in [-0.2, 0) is 11.2 Å². The Morgan fingerprint density at radius 3 is 2.61 bits per heavy atom. The van der Waals surface area contributed by atoms with E-state index in [2.05, 4.69) is 17.2 Å². The van der Waals surface area contributed by atoms with Crippen LogP contribution in [0, 0.1) is 5.92 Å². The topological polar surface area (TPSA) is 32.7 Å². The SMILES string of the molecule is CCC1C(=O)N(CCCc2ccccc2)N=C1C. The molecular weight excluding hydrogens is 224 g/mol. The monoisotopic (exact) mass is 244 g/mol. The molecular formula is C15H20N2O. The van der Waals surface area contributed by atoms with Gasteiger partial charge in [0.2, 0.25) is 0 Å². The molecule has 1 unspecified atom stereocenters. The average molecular weight is 244 g/mol. The number of carbonyl (C=O) groups excluding carboxylic acids is 1. The van der Waals surface area contributed by atoms with Gasteiger partial charge in [0.15, 0.2) is 0 Å². The average Bonchev–Trinajstić information content (AvgIpc) is 2.65. The zero-order valence-corrected chi connectivity index (χ0v) is 11.1. The van der Waals surface area contributed by atoms with Gasteiger partial charge in [-0.05, 0) is 31.7 Å².